The fourth-order valence-electron chi connectivity index (χ4n) is 5.21. The lowest BCUT2D eigenvalue weighted by Crippen LogP contribution is -2.41. The van der Waals surface area contributed by atoms with Crippen molar-refractivity contribution in [2.45, 2.75) is 76.4 Å². The highest BCUT2D eigenvalue weighted by molar-refractivity contribution is 6.62. The third kappa shape index (κ3) is 4.66. The Balaban J connectivity index is 1.20. The van der Waals surface area contributed by atoms with Crippen LogP contribution in [0, 0.1) is 5.82 Å². The number of hydrogen-bond donors (Lipinski definition) is 1. The number of rotatable bonds is 4. The van der Waals surface area contributed by atoms with E-state index in [1.54, 1.807) is 6.20 Å². The van der Waals surface area contributed by atoms with Gasteiger partial charge >= 0.3 is 7.12 Å². The second-order valence-electron chi connectivity index (χ2n) is 11.1. The Morgan fingerprint density at radius 3 is 2.22 bits per heavy atom. The molecule has 3 aliphatic rings. The molecule has 3 aliphatic heterocycles. The minimum Gasteiger partial charge on any atom is -0.399 e. The summed E-state index contributed by atoms with van der Waals surface area (Å²) in [7, 11) is -0.372. The summed E-state index contributed by atoms with van der Waals surface area (Å²) in [5.74, 6) is -0.926. The van der Waals surface area contributed by atoms with Gasteiger partial charge in [-0.05, 0) is 75.5 Å². The van der Waals surface area contributed by atoms with Gasteiger partial charge in [-0.15, -0.1) is 0 Å². The molecule has 9 heteroatoms. The van der Waals surface area contributed by atoms with E-state index in [4.69, 9.17) is 9.31 Å². The van der Waals surface area contributed by atoms with E-state index in [0.717, 1.165) is 18.3 Å². The van der Waals surface area contributed by atoms with Crippen LogP contribution in [0.2, 0.25) is 0 Å². The number of pyridine rings is 1. The van der Waals surface area contributed by atoms with Crippen LogP contribution in [-0.2, 0) is 18.9 Å². The van der Waals surface area contributed by atoms with Crippen LogP contribution in [0.25, 0.3) is 0 Å². The number of imide groups is 1. The Morgan fingerprint density at radius 2 is 1.64 bits per heavy atom. The quantitative estimate of drug-likeness (QED) is 0.520. The molecule has 1 aromatic heterocycles. The molecule has 3 saturated heterocycles. The molecule has 0 radical (unpaired) electrons. The Hall–Kier alpha value is -2.78. The van der Waals surface area contributed by atoms with Crippen molar-refractivity contribution < 1.29 is 23.3 Å². The van der Waals surface area contributed by atoms with Crippen molar-refractivity contribution in [1.82, 2.24) is 10.3 Å². The number of hydrogen-bond acceptors (Lipinski definition) is 6. The normalized spacial score (nSPS) is 24.2. The van der Waals surface area contributed by atoms with E-state index in [1.165, 1.54) is 11.6 Å². The third-order valence-electron chi connectivity index (χ3n) is 8.21. The average molecular weight is 493 g/mol. The summed E-state index contributed by atoms with van der Waals surface area (Å²) < 4.78 is 27.3. The smallest absolute Gasteiger partial charge is 0.399 e. The lowest BCUT2D eigenvalue weighted by molar-refractivity contribution is -0.134. The summed E-state index contributed by atoms with van der Waals surface area (Å²) >= 11 is 0. The second-order valence-corrected chi connectivity index (χ2v) is 11.1. The number of carbonyl (C=O) groups is 2. The lowest BCUT2D eigenvalue weighted by Gasteiger charge is -2.33. The summed E-state index contributed by atoms with van der Waals surface area (Å²) in [4.78, 5) is 29.8. The van der Waals surface area contributed by atoms with Crippen molar-refractivity contribution in [2.75, 3.05) is 18.0 Å². The molecule has 1 atom stereocenters. The molecular weight excluding hydrogens is 460 g/mol. The number of nitrogens with one attached hydrogen (secondary N) is 1. The predicted octanol–water partition coefficient (Wildman–Crippen LogP) is 3.42. The number of anilines is 1. The molecule has 7 nitrogen and oxygen atoms in total. The van der Waals surface area contributed by atoms with Crippen molar-refractivity contribution in [3.05, 3.63) is 53.5 Å². The maximum absolute atomic E-state index is 15.0. The van der Waals surface area contributed by atoms with E-state index in [0.29, 0.717) is 36.8 Å². The summed E-state index contributed by atoms with van der Waals surface area (Å²) in [6, 6.07) is 9.85. The van der Waals surface area contributed by atoms with Gasteiger partial charge in [-0.2, -0.15) is 0 Å². The highest BCUT2D eigenvalue weighted by atomic mass is 19.1. The molecule has 0 aliphatic carbocycles. The first-order valence-corrected chi connectivity index (χ1v) is 12.7. The molecule has 1 N–H and O–H groups in total. The topological polar surface area (TPSA) is 80.8 Å². The predicted molar refractivity (Wildman–Crippen MR) is 136 cm³/mol. The van der Waals surface area contributed by atoms with Crippen molar-refractivity contribution in [3.63, 3.8) is 0 Å². The average Bonchev–Trinajstić information content (AvgIpc) is 3.06. The van der Waals surface area contributed by atoms with Crippen LogP contribution < -0.4 is 15.7 Å². The van der Waals surface area contributed by atoms with Crippen LogP contribution in [0.1, 0.15) is 76.3 Å². The molecule has 0 saturated carbocycles. The van der Waals surface area contributed by atoms with Gasteiger partial charge in [-0.25, -0.2) is 9.37 Å². The highest BCUT2D eigenvalue weighted by Crippen LogP contribution is 2.37. The highest BCUT2D eigenvalue weighted by Gasteiger charge is 2.51. The monoisotopic (exact) mass is 493 g/mol. The number of benzene rings is 1. The van der Waals surface area contributed by atoms with Gasteiger partial charge in [-0.1, -0.05) is 24.3 Å². The van der Waals surface area contributed by atoms with Crippen LogP contribution in [-0.4, -0.2) is 48.2 Å². The molecule has 0 spiro atoms. The van der Waals surface area contributed by atoms with E-state index >= 15 is 0 Å². The van der Waals surface area contributed by atoms with E-state index in [1.807, 2.05) is 4.90 Å². The van der Waals surface area contributed by atoms with Gasteiger partial charge in [0.1, 0.15) is 0 Å². The fraction of sp³-hybridized carbons (Fsp3) is 0.519. The number of aromatic nitrogens is 1. The van der Waals surface area contributed by atoms with E-state index in [9.17, 15) is 14.0 Å². The van der Waals surface area contributed by atoms with Gasteiger partial charge in [-0.3, -0.25) is 14.9 Å². The molecule has 5 rings (SSSR count). The third-order valence-corrected chi connectivity index (χ3v) is 8.21. The zero-order chi connectivity index (χ0) is 25.7. The molecule has 3 fully saturated rings. The maximum atomic E-state index is 15.0. The largest absolute Gasteiger partial charge is 0.494 e. The van der Waals surface area contributed by atoms with Crippen LogP contribution in [0.3, 0.4) is 0 Å². The first-order valence-electron chi connectivity index (χ1n) is 12.7. The molecule has 0 bridgehead atoms. The Labute approximate surface area is 211 Å². The van der Waals surface area contributed by atoms with Gasteiger partial charge in [0.15, 0.2) is 11.6 Å². The number of carbonyl (C=O) groups excluding carboxylic acids is 2. The second kappa shape index (κ2) is 9.27. The molecule has 36 heavy (non-hydrogen) atoms. The van der Waals surface area contributed by atoms with Gasteiger partial charge in [0.25, 0.3) is 0 Å². The summed E-state index contributed by atoms with van der Waals surface area (Å²) in [5, 5.41) is 2.32. The first-order chi connectivity index (χ1) is 17.0. The standard InChI is InChI=1S/C27H33BFN3O4/c1-26(2)27(3,4)36-28(35-26)20-7-5-17(6-8-20)18-11-13-32(14-12-18)24-22(29)15-19(16-30-24)21-9-10-23(33)31-25(21)34/h5-8,15-16,18,21H,9-14H2,1-4H3,(H,31,33,34). The molecule has 1 unspecified atom stereocenters. The Morgan fingerprint density at radius 1 is 1.00 bits per heavy atom. The van der Waals surface area contributed by atoms with E-state index in [-0.39, 0.29) is 36.6 Å². The number of piperidine rings is 2. The van der Waals surface area contributed by atoms with Gasteiger partial charge in [0, 0.05) is 25.7 Å². The fourth-order valence-corrected chi connectivity index (χ4v) is 5.21. The molecule has 2 aromatic rings. The van der Waals surface area contributed by atoms with Gasteiger partial charge < -0.3 is 14.2 Å². The van der Waals surface area contributed by atoms with Crippen LogP contribution in [0.15, 0.2) is 36.5 Å². The molecule has 4 heterocycles. The molecule has 1 aromatic carbocycles. The maximum Gasteiger partial charge on any atom is 0.494 e. The Bertz CT molecular complexity index is 1150. The summed E-state index contributed by atoms with van der Waals surface area (Å²) in [5.41, 5.74) is 2.05. The molecule has 190 valence electrons. The SMILES string of the molecule is CC1(C)OB(c2ccc(C3CCN(c4ncc(C5CCC(=O)NC5=O)cc4F)CC3)cc2)OC1(C)C. The molecular formula is C27H33BFN3O4. The number of halogens is 1. The van der Waals surface area contributed by atoms with Crippen LogP contribution in [0.4, 0.5) is 10.2 Å². The van der Waals surface area contributed by atoms with Gasteiger partial charge in [0.2, 0.25) is 11.8 Å². The van der Waals surface area contributed by atoms with Crippen LogP contribution in [0.5, 0.6) is 0 Å². The van der Waals surface area contributed by atoms with Gasteiger partial charge in [0.05, 0.1) is 17.1 Å². The van der Waals surface area contributed by atoms with Crippen molar-refractivity contribution in [2.24, 2.45) is 0 Å². The van der Waals surface area contributed by atoms with Crippen molar-refractivity contribution in [1.29, 1.82) is 0 Å². The van der Waals surface area contributed by atoms with E-state index in [2.05, 4.69) is 62.3 Å². The number of nitrogens with zero attached hydrogens (tertiary/aromatic N) is 2. The minimum absolute atomic E-state index is 0.255. The molecule has 2 amide bonds. The zero-order valence-electron chi connectivity index (χ0n) is 21.3. The van der Waals surface area contributed by atoms with Crippen molar-refractivity contribution in [3.8, 4) is 0 Å². The van der Waals surface area contributed by atoms with E-state index < -0.39 is 11.7 Å². The number of amides is 2. The zero-order valence-corrected chi connectivity index (χ0v) is 21.3. The van der Waals surface area contributed by atoms with Crippen molar-refractivity contribution >= 4 is 30.2 Å². The van der Waals surface area contributed by atoms with Crippen LogP contribution >= 0.6 is 0 Å². The Kier molecular flexibility index (Phi) is 6.41. The lowest BCUT2D eigenvalue weighted by atomic mass is 9.77. The summed E-state index contributed by atoms with van der Waals surface area (Å²) in [6.07, 6.45) is 3.99. The minimum atomic E-state index is -0.537. The summed E-state index contributed by atoms with van der Waals surface area (Å²) in [6.45, 7) is 9.60. The first kappa shape index (κ1) is 24.9.